The number of amides is 1. The first kappa shape index (κ1) is 14.5. The Morgan fingerprint density at radius 3 is 3.00 bits per heavy atom. The average Bonchev–Trinajstić information content (AvgIpc) is 3.04. The predicted molar refractivity (Wildman–Crippen MR) is 77.4 cm³/mol. The van der Waals surface area contributed by atoms with E-state index in [1.165, 1.54) is 17.1 Å². The molecule has 1 saturated heterocycles. The number of hydrogen-bond acceptors (Lipinski definition) is 4. The molecule has 0 radical (unpaired) electrons. The molecule has 1 amide bonds. The predicted octanol–water partition coefficient (Wildman–Crippen LogP) is 1.15. The smallest absolute Gasteiger partial charge is 0.329 e. The van der Waals surface area contributed by atoms with Gasteiger partial charge in [-0.1, -0.05) is 0 Å². The molecule has 0 saturated carbocycles. The van der Waals surface area contributed by atoms with E-state index in [-0.39, 0.29) is 12.1 Å². The molecular formula is C15H19N4O3+. The molecule has 116 valence electrons. The van der Waals surface area contributed by atoms with Crippen LogP contribution in [0.3, 0.4) is 0 Å². The Bertz CT molecular complexity index is 664. The zero-order valence-electron chi connectivity index (χ0n) is 12.4. The van der Waals surface area contributed by atoms with Crippen molar-refractivity contribution in [3.05, 3.63) is 37.1 Å². The summed E-state index contributed by atoms with van der Waals surface area (Å²) in [6, 6.07) is 3.62. The number of rotatable bonds is 2. The minimum absolute atomic E-state index is 0.113. The highest BCUT2D eigenvalue weighted by molar-refractivity contribution is 5.78. The van der Waals surface area contributed by atoms with E-state index in [4.69, 9.17) is 4.74 Å². The summed E-state index contributed by atoms with van der Waals surface area (Å²) in [4.78, 5) is 18.5. The van der Waals surface area contributed by atoms with E-state index in [9.17, 15) is 10.0 Å². The van der Waals surface area contributed by atoms with E-state index in [2.05, 4.69) is 4.98 Å². The number of carbonyl (C=O) groups is 1. The van der Waals surface area contributed by atoms with Gasteiger partial charge in [0.1, 0.15) is 6.33 Å². The molecule has 0 aliphatic carbocycles. The van der Waals surface area contributed by atoms with Crippen LogP contribution in [0.4, 0.5) is 4.79 Å². The largest absolute Gasteiger partial charge is 0.381 e. The van der Waals surface area contributed by atoms with Gasteiger partial charge in [0.05, 0.1) is 11.3 Å². The van der Waals surface area contributed by atoms with Crippen LogP contribution in [0.15, 0.2) is 37.1 Å². The highest BCUT2D eigenvalue weighted by Gasteiger charge is 2.23. The summed E-state index contributed by atoms with van der Waals surface area (Å²) in [5.74, 6) is 0. The van der Waals surface area contributed by atoms with E-state index in [1.54, 1.807) is 23.4 Å². The Kier molecular flexibility index (Phi) is 4.06. The number of nitrogens with zero attached hydrogens (tertiary/aromatic N) is 4. The minimum atomic E-state index is -0.113. The maximum absolute atomic E-state index is 12.5. The van der Waals surface area contributed by atoms with Gasteiger partial charge in [0.15, 0.2) is 0 Å². The van der Waals surface area contributed by atoms with Gasteiger partial charge in [-0.15, -0.1) is 0 Å². The summed E-state index contributed by atoms with van der Waals surface area (Å²) in [7, 11) is 1.81. The molecule has 0 bridgehead atoms. The van der Waals surface area contributed by atoms with Crippen molar-refractivity contribution in [1.82, 2.24) is 14.5 Å². The normalized spacial score (nSPS) is 15.7. The summed E-state index contributed by atoms with van der Waals surface area (Å²) in [5.41, 5.74) is 1.38. The number of imidazole rings is 1. The molecule has 22 heavy (non-hydrogen) atoms. The van der Waals surface area contributed by atoms with E-state index >= 15 is 0 Å². The first-order valence-corrected chi connectivity index (χ1v) is 7.25. The molecule has 3 rings (SSSR count). The summed E-state index contributed by atoms with van der Waals surface area (Å²) < 4.78 is 7.76. The lowest BCUT2D eigenvalue weighted by Gasteiger charge is -2.30. The molecule has 7 heteroatoms. The van der Waals surface area contributed by atoms with Crippen LogP contribution in [0.1, 0.15) is 12.8 Å². The van der Waals surface area contributed by atoms with Crippen LogP contribution in [0.25, 0.3) is 11.3 Å². The first-order chi connectivity index (χ1) is 10.6. The Hall–Kier alpha value is -2.41. The summed E-state index contributed by atoms with van der Waals surface area (Å²) in [5, 5.41) is 9.44. The summed E-state index contributed by atoms with van der Waals surface area (Å²) in [6.45, 7) is 1.38. The van der Waals surface area contributed by atoms with Gasteiger partial charge in [-0.3, -0.25) is 9.77 Å². The van der Waals surface area contributed by atoms with E-state index in [0.717, 1.165) is 23.1 Å². The maximum Gasteiger partial charge on any atom is 0.329 e. The quantitative estimate of drug-likeness (QED) is 0.667. The first-order valence-electron chi connectivity index (χ1n) is 7.25. The molecule has 1 fully saturated rings. The van der Waals surface area contributed by atoms with Gasteiger partial charge in [0, 0.05) is 43.3 Å². The number of ether oxygens (including phenoxy) is 1. The third kappa shape index (κ3) is 2.94. The van der Waals surface area contributed by atoms with Gasteiger partial charge in [-0.25, -0.2) is 9.78 Å². The number of hydrogen-bond donors (Lipinski definition) is 1. The number of aromatic nitrogens is 3. The standard InChI is InChI=1S/C15H19N4O3/c1-17(13-4-7-22-8-5-13)15(20)18-10-14(16-11-18)12-3-2-6-19(21)9-12/h2-3,6,9-11,13,21H,4-5,7-8H2,1H3/q+1. The second-order valence-corrected chi connectivity index (χ2v) is 5.38. The van der Waals surface area contributed by atoms with Crippen molar-refractivity contribution in [1.29, 1.82) is 0 Å². The van der Waals surface area contributed by atoms with Gasteiger partial charge < -0.3 is 9.64 Å². The average molecular weight is 303 g/mol. The Balaban J connectivity index is 1.76. The van der Waals surface area contributed by atoms with Crippen LogP contribution in [-0.2, 0) is 4.74 Å². The molecule has 2 aromatic heterocycles. The van der Waals surface area contributed by atoms with Crippen molar-refractivity contribution in [2.24, 2.45) is 0 Å². The van der Waals surface area contributed by atoms with Crippen molar-refractivity contribution in [2.75, 3.05) is 20.3 Å². The van der Waals surface area contributed by atoms with Crippen LogP contribution in [0, 0.1) is 0 Å². The van der Waals surface area contributed by atoms with E-state index < -0.39 is 0 Å². The number of carbonyl (C=O) groups excluding carboxylic acids is 1. The fourth-order valence-electron chi connectivity index (χ4n) is 2.60. The van der Waals surface area contributed by atoms with Crippen LogP contribution in [0.2, 0.25) is 0 Å². The molecule has 2 aromatic rings. The fraction of sp³-hybridized carbons (Fsp3) is 0.400. The third-order valence-corrected chi connectivity index (χ3v) is 3.93. The Morgan fingerprint density at radius 1 is 1.50 bits per heavy atom. The van der Waals surface area contributed by atoms with Crippen molar-refractivity contribution in [2.45, 2.75) is 18.9 Å². The second kappa shape index (κ2) is 6.15. The SMILES string of the molecule is CN(C(=O)n1cnc(-c2ccc[n+](O)c2)c1)C1CCOCC1. The van der Waals surface area contributed by atoms with Crippen molar-refractivity contribution < 1.29 is 19.5 Å². The summed E-state index contributed by atoms with van der Waals surface area (Å²) >= 11 is 0. The zero-order chi connectivity index (χ0) is 15.5. The van der Waals surface area contributed by atoms with Gasteiger partial charge in [-0.2, -0.15) is 0 Å². The maximum atomic E-state index is 12.5. The minimum Gasteiger partial charge on any atom is -0.381 e. The lowest BCUT2D eigenvalue weighted by Crippen LogP contribution is -2.42. The van der Waals surface area contributed by atoms with Crippen molar-refractivity contribution in [3.63, 3.8) is 0 Å². The van der Waals surface area contributed by atoms with Crippen molar-refractivity contribution >= 4 is 6.03 Å². The Labute approximate surface area is 128 Å². The molecule has 1 aliphatic rings. The molecule has 0 atom stereocenters. The number of pyridine rings is 1. The van der Waals surface area contributed by atoms with E-state index in [1.807, 2.05) is 13.1 Å². The Morgan fingerprint density at radius 2 is 2.27 bits per heavy atom. The van der Waals surface area contributed by atoms with Gasteiger partial charge >= 0.3 is 6.03 Å². The molecule has 0 aromatic carbocycles. The van der Waals surface area contributed by atoms with Crippen molar-refractivity contribution in [3.8, 4) is 11.3 Å². The van der Waals surface area contributed by atoms with Crippen LogP contribution >= 0.6 is 0 Å². The third-order valence-electron chi connectivity index (χ3n) is 3.93. The molecule has 1 aliphatic heterocycles. The molecule has 3 heterocycles. The lowest BCUT2D eigenvalue weighted by atomic mass is 10.1. The molecule has 0 spiro atoms. The highest BCUT2D eigenvalue weighted by atomic mass is 16.5. The van der Waals surface area contributed by atoms with Gasteiger partial charge in [0.2, 0.25) is 12.4 Å². The molecule has 1 N–H and O–H groups in total. The highest BCUT2D eigenvalue weighted by Crippen LogP contribution is 2.17. The lowest BCUT2D eigenvalue weighted by molar-refractivity contribution is -0.904. The second-order valence-electron chi connectivity index (χ2n) is 5.38. The zero-order valence-corrected chi connectivity index (χ0v) is 12.4. The summed E-state index contributed by atoms with van der Waals surface area (Å²) in [6.07, 6.45) is 7.94. The monoisotopic (exact) mass is 303 g/mol. The topological polar surface area (TPSA) is 71.5 Å². The van der Waals surface area contributed by atoms with Crippen LogP contribution < -0.4 is 4.73 Å². The molecular weight excluding hydrogens is 284 g/mol. The van der Waals surface area contributed by atoms with Gasteiger partial charge in [0.25, 0.3) is 0 Å². The van der Waals surface area contributed by atoms with Gasteiger partial charge in [-0.05, 0) is 18.9 Å². The molecule has 7 nitrogen and oxygen atoms in total. The molecule has 0 unspecified atom stereocenters. The van der Waals surface area contributed by atoms with Crippen LogP contribution in [0.5, 0.6) is 0 Å². The fourth-order valence-corrected chi connectivity index (χ4v) is 2.60. The van der Waals surface area contributed by atoms with Crippen LogP contribution in [-0.4, -0.2) is 52.0 Å². The van der Waals surface area contributed by atoms with E-state index in [0.29, 0.717) is 18.9 Å².